The van der Waals surface area contributed by atoms with Crippen molar-refractivity contribution < 1.29 is 14.0 Å². The highest BCUT2D eigenvalue weighted by molar-refractivity contribution is 7.45. The number of Topliss-reactive ketones (excluding diaryl/α,β-unsaturated/α-hetero) is 1. The minimum absolute atomic E-state index is 0.0856. The molecule has 0 bridgehead atoms. The number of benzene rings is 1. The number of nitrogens with zero attached hydrogens (tertiary/aromatic N) is 1. The van der Waals surface area contributed by atoms with E-state index in [4.69, 9.17) is 11.3 Å². The Balaban J connectivity index is 2.29. The second-order valence-corrected chi connectivity index (χ2v) is 4.09. The topological polar surface area (TPSA) is 38.7 Å². The third-order valence-electron chi connectivity index (χ3n) is 1.76. The zero-order chi connectivity index (χ0) is 12.5. The fourth-order valence-electron chi connectivity index (χ4n) is 0.957. The molecule has 0 aliphatic heterocycles. The molecule has 1 aromatic rings. The lowest BCUT2D eigenvalue weighted by Crippen LogP contribution is -2.07. The van der Waals surface area contributed by atoms with Gasteiger partial charge in [-0.25, -0.2) is 4.39 Å². The number of hydrogen-bond donors (Lipinski definition) is 0. The number of carbonyl (C=O) groups excluding carboxylic acids is 1. The predicted octanol–water partition coefficient (Wildman–Crippen LogP) is 2.01. The molecule has 88 valence electrons. The summed E-state index contributed by atoms with van der Waals surface area (Å²) in [6.45, 7) is -0.0909. The Bertz CT molecular complexity index is 437. The molecular weight excluding hydrogens is 239 g/mol. The van der Waals surface area contributed by atoms with Gasteiger partial charge in [-0.3, -0.25) is 4.79 Å². The van der Waals surface area contributed by atoms with Crippen LogP contribution < -0.4 is 0 Å². The highest BCUT2D eigenvalue weighted by Gasteiger charge is 1.99. The van der Waals surface area contributed by atoms with Crippen LogP contribution in [0.2, 0.25) is 0 Å². The van der Waals surface area contributed by atoms with E-state index in [1.54, 1.807) is 12.1 Å². The first-order valence-corrected chi connectivity index (χ1v) is 6.04. The summed E-state index contributed by atoms with van der Waals surface area (Å²) in [5.74, 6) is -0.397. The van der Waals surface area contributed by atoms with E-state index >= 15 is 0 Å². The zero-order valence-electron chi connectivity index (χ0n) is 9.02. The molecule has 1 aromatic carbocycles. The van der Waals surface area contributed by atoms with Crippen LogP contribution in [0.15, 0.2) is 29.4 Å². The molecule has 1 unspecified atom stereocenters. The number of hydrogen-bond acceptors (Lipinski definition) is 3. The molecule has 17 heavy (non-hydrogen) atoms. The molecule has 0 N–H and O–H groups in total. The maximum atomic E-state index is 12.6. The van der Waals surface area contributed by atoms with E-state index in [-0.39, 0.29) is 26.8 Å². The van der Waals surface area contributed by atoms with Gasteiger partial charge < -0.3 is 4.84 Å². The Morgan fingerprint density at radius 1 is 1.53 bits per heavy atom. The van der Waals surface area contributed by atoms with Crippen LogP contribution in [0.25, 0.3) is 0 Å². The molecule has 0 heterocycles. The SMILES string of the molecule is C#CPCC(=O)CO/N=C/c1ccc([18F])cc1. The van der Waals surface area contributed by atoms with Gasteiger partial charge in [-0.1, -0.05) is 22.9 Å². The molecule has 1 rings (SSSR count). The second kappa shape index (κ2) is 7.54. The minimum Gasteiger partial charge on any atom is -0.388 e. The van der Waals surface area contributed by atoms with Crippen molar-refractivity contribution in [2.75, 3.05) is 12.8 Å². The van der Waals surface area contributed by atoms with Crippen molar-refractivity contribution in [2.45, 2.75) is 0 Å². The monoisotopic (exact) mass is 250 g/mol. The molecule has 0 saturated carbocycles. The zero-order valence-corrected chi connectivity index (χ0v) is 10.0. The molecule has 0 aliphatic carbocycles. The van der Waals surface area contributed by atoms with E-state index in [1.165, 1.54) is 18.3 Å². The van der Waals surface area contributed by atoms with E-state index in [1.807, 2.05) is 0 Å². The number of ketones is 1. The average Bonchev–Trinajstić information content (AvgIpc) is 2.34. The molecule has 0 amide bonds. The fraction of sp³-hybridized carbons (Fsp3) is 0.167. The molecule has 0 aromatic heterocycles. The van der Waals surface area contributed by atoms with Crippen LogP contribution in [0, 0.1) is 17.9 Å². The van der Waals surface area contributed by atoms with E-state index in [0.29, 0.717) is 11.7 Å². The van der Waals surface area contributed by atoms with Gasteiger partial charge in [0.1, 0.15) is 5.82 Å². The largest absolute Gasteiger partial charge is 0.388 e. The van der Waals surface area contributed by atoms with Gasteiger partial charge in [-0.15, -0.1) is 6.42 Å². The Morgan fingerprint density at radius 3 is 2.88 bits per heavy atom. The molecule has 3 nitrogen and oxygen atoms in total. The first-order valence-electron chi connectivity index (χ1n) is 4.83. The molecule has 0 fully saturated rings. The van der Waals surface area contributed by atoms with Crippen LogP contribution in [0.5, 0.6) is 0 Å². The molecule has 0 aliphatic rings. The molecule has 5 heteroatoms. The third kappa shape index (κ3) is 5.79. The van der Waals surface area contributed by atoms with Gasteiger partial charge in [-0.2, -0.15) is 0 Å². The first-order chi connectivity index (χ1) is 8.22. The van der Waals surface area contributed by atoms with Crippen molar-refractivity contribution in [1.82, 2.24) is 0 Å². The average molecular weight is 250 g/mol. The van der Waals surface area contributed by atoms with Crippen molar-refractivity contribution >= 4 is 20.6 Å². The van der Waals surface area contributed by atoms with Crippen LogP contribution in [-0.2, 0) is 9.63 Å². The van der Waals surface area contributed by atoms with Crippen molar-refractivity contribution in [2.24, 2.45) is 5.16 Å². The lowest BCUT2D eigenvalue weighted by molar-refractivity contribution is -0.121. The van der Waals surface area contributed by atoms with Crippen molar-refractivity contribution in [3.8, 4) is 12.1 Å². The minimum atomic E-state index is -0.312. The highest BCUT2D eigenvalue weighted by Crippen LogP contribution is 2.05. The highest BCUT2D eigenvalue weighted by atomic mass is 31.1. The van der Waals surface area contributed by atoms with Gasteiger partial charge in [0, 0.05) is 6.16 Å². The van der Waals surface area contributed by atoms with Crippen LogP contribution >= 0.6 is 8.58 Å². The van der Waals surface area contributed by atoms with Crippen LogP contribution in [0.1, 0.15) is 5.56 Å². The van der Waals surface area contributed by atoms with Gasteiger partial charge in [-0.05, 0) is 26.3 Å². The molecule has 1 atom stereocenters. The number of halogens is 1. The fourth-order valence-corrected chi connectivity index (χ4v) is 1.36. The van der Waals surface area contributed by atoms with E-state index in [2.05, 4.69) is 10.8 Å². The Kier molecular flexibility index (Phi) is 5.92. The first kappa shape index (κ1) is 13.3. The van der Waals surface area contributed by atoms with Gasteiger partial charge >= 0.3 is 0 Å². The van der Waals surface area contributed by atoms with Crippen molar-refractivity contribution in [1.29, 1.82) is 0 Å². The molecule has 0 spiro atoms. The number of rotatable bonds is 6. The standard InChI is InChI=1S/C12H11FNO2P/c1-2-17-9-12(15)8-16-14-7-10-3-5-11(13)6-4-10/h1,3-7,17H,8-9H2/b14-7+/i13-1. The van der Waals surface area contributed by atoms with E-state index in [9.17, 15) is 9.18 Å². The van der Waals surface area contributed by atoms with Crippen LogP contribution in [0.3, 0.4) is 0 Å². The lowest BCUT2D eigenvalue weighted by atomic mass is 10.2. The lowest BCUT2D eigenvalue weighted by Gasteiger charge is -1.97. The summed E-state index contributed by atoms with van der Waals surface area (Å²) in [5.41, 5.74) is 3.10. The number of terminal acetylenes is 1. The summed E-state index contributed by atoms with van der Waals surface area (Å²) < 4.78 is 12.6. The maximum Gasteiger partial charge on any atom is 0.177 e. The Labute approximate surface area is 101 Å². The van der Waals surface area contributed by atoms with E-state index < -0.39 is 0 Å². The Hall–Kier alpha value is -1.72. The normalized spacial score (nSPS) is 10.8. The predicted molar refractivity (Wildman–Crippen MR) is 67.0 cm³/mol. The summed E-state index contributed by atoms with van der Waals surface area (Å²) in [6.07, 6.45) is 6.76. The van der Waals surface area contributed by atoms with Gasteiger partial charge in [0.05, 0.1) is 6.21 Å². The quantitative estimate of drug-likeness (QED) is 0.335. The third-order valence-corrected chi connectivity index (χ3v) is 2.53. The maximum absolute atomic E-state index is 12.6. The molecule has 0 saturated heterocycles. The summed E-state index contributed by atoms with van der Waals surface area (Å²) in [5, 5.41) is 3.60. The van der Waals surface area contributed by atoms with Crippen LogP contribution in [-0.4, -0.2) is 24.8 Å². The van der Waals surface area contributed by atoms with Crippen molar-refractivity contribution in [3.05, 3.63) is 35.6 Å². The Morgan fingerprint density at radius 2 is 2.24 bits per heavy atom. The molecular formula is C12H11FNO2P. The van der Waals surface area contributed by atoms with Gasteiger partial charge in [0.25, 0.3) is 0 Å². The van der Waals surface area contributed by atoms with E-state index in [0.717, 1.165) is 0 Å². The summed E-state index contributed by atoms with van der Waals surface area (Å²) >= 11 is 0. The number of carbonyl (C=O) groups is 1. The second-order valence-electron chi connectivity index (χ2n) is 3.10. The summed E-state index contributed by atoms with van der Waals surface area (Å²) in [4.78, 5) is 15.9. The van der Waals surface area contributed by atoms with Crippen molar-refractivity contribution in [3.63, 3.8) is 0 Å². The smallest absolute Gasteiger partial charge is 0.177 e. The van der Waals surface area contributed by atoms with Gasteiger partial charge in [0.2, 0.25) is 0 Å². The van der Waals surface area contributed by atoms with Crippen LogP contribution in [0.4, 0.5) is 4.39 Å². The number of oxime groups is 1. The summed E-state index contributed by atoms with van der Waals surface area (Å²) in [6, 6.07) is 5.76. The molecule has 0 radical (unpaired) electrons. The summed E-state index contributed by atoms with van der Waals surface area (Å²) in [7, 11) is 0.183. The van der Waals surface area contributed by atoms with Gasteiger partial charge in [0.15, 0.2) is 12.4 Å².